The van der Waals surface area contributed by atoms with Gasteiger partial charge < -0.3 is 19.4 Å². The lowest BCUT2D eigenvalue weighted by Crippen LogP contribution is -3.16. The molecule has 2 atom stereocenters. The summed E-state index contributed by atoms with van der Waals surface area (Å²) in [6.45, 7) is 5.77. The molecule has 2 heterocycles. The number of fused-ring (bicyclic) bond motifs is 2. The Balaban J connectivity index is 1.62. The van der Waals surface area contributed by atoms with Crippen LogP contribution in [0.2, 0.25) is 0 Å². The number of quaternary nitrogens is 1. The third-order valence-electron chi connectivity index (χ3n) is 5.98. The van der Waals surface area contributed by atoms with Gasteiger partial charge in [-0.05, 0) is 37.6 Å². The number of aromatic amines is 1. The van der Waals surface area contributed by atoms with Crippen molar-refractivity contribution in [1.29, 1.82) is 0 Å². The molecule has 1 aliphatic heterocycles. The van der Waals surface area contributed by atoms with E-state index in [9.17, 15) is 4.79 Å². The Morgan fingerprint density at radius 2 is 1.79 bits per heavy atom. The highest BCUT2D eigenvalue weighted by Gasteiger charge is 2.32. The van der Waals surface area contributed by atoms with Gasteiger partial charge in [0.05, 0.1) is 26.3 Å². The van der Waals surface area contributed by atoms with Gasteiger partial charge in [-0.2, -0.15) is 0 Å². The Labute approximate surface area is 165 Å². The summed E-state index contributed by atoms with van der Waals surface area (Å²) in [5.74, 6) is 1.71. The summed E-state index contributed by atoms with van der Waals surface area (Å²) in [5.41, 5.74) is 5.31. The monoisotopic (exact) mass is 379 g/mol. The fourth-order valence-corrected chi connectivity index (χ4v) is 4.35. The van der Waals surface area contributed by atoms with E-state index in [0.717, 1.165) is 53.2 Å². The average Bonchev–Trinajstić information content (AvgIpc) is 3.06. The fourth-order valence-electron chi connectivity index (χ4n) is 4.35. The maximum Gasteiger partial charge on any atom is 0.222 e. The van der Waals surface area contributed by atoms with Crippen LogP contribution in [0.5, 0.6) is 11.5 Å². The van der Waals surface area contributed by atoms with Crippen LogP contribution in [0, 0.1) is 6.92 Å². The van der Waals surface area contributed by atoms with Crippen molar-refractivity contribution in [3.05, 3.63) is 58.8 Å². The van der Waals surface area contributed by atoms with E-state index in [-0.39, 0.29) is 11.8 Å². The molecule has 28 heavy (non-hydrogen) atoms. The molecular formula is C23H27N2O3+. The number of ether oxygens (including phenoxy) is 2. The summed E-state index contributed by atoms with van der Waals surface area (Å²) in [5, 5.41) is 1.01. The summed E-state index contributed by atoms with van der Waals surface area (Å²) < 4.78 is 10.9. The van der Waals surface area contributed by atoms with Crippen LogP contribution >= 0.6 is 0 Å². The number of carbonyl (C=O) groups excluding carboxylic acids is 1. The van der Waals surface area contributed by atoms with E-state index in [1.54, 1.807) is 14.2 Å². The van der Waals surface area contributed by atoms with Crippen LogP contribution in [0.4, 0.5) is 0 Å². The molecule has 0 saturated heterocycles. The van der Waals surface area contributed by atoms with E-state index >= 15 is 0 Å². The van der Waals surface area contributed by atoms with Crippen LogP contribution in [-0.4, -0.2) is 37.6 Å². The van der Waals surface area contributed by atoms with Crippen LogP contribution < -0.4 is 14.4 Å². The molecule has 5 heteroatoms. The number of nitrogens with one attached hydrogen (secondary N) is 2. The number of aromatic nitrogens is 1. The van der Waals surface area contributed by atoms with E-state index < -0.39 is 0 Å². The molecule has 0 spiro atoms. The van der Waals surface area contributed by atoms with E-state index in [2.05, 4.69) is 17.1 Å². The number of para-hydroxylation sites is 1. The van der Waals surface area contributed by atoms with Crippen LogP contribution in [-0.2, 0) is 13.0 Å². The molecule has 5 nitrogen and oxygen atoms in total. The largest absolute Gasteiger partial charge is 0.493 e. The molecule has 3 aromatic rings. The van der Waals surface area contributed by atoms with Gasteiger partial charge in [-0.1, -0.05) is 18.2 Å². The number of carbonyl (C=O) groups is 1. The van der Waals surface area contributed by atoms with Crippen molar-refractivity contribution in [1.82, 2.24) is 4.98 Å². The number of ketones is 1. The Bertz CT molecular complexity index is 1040. The molecule has 0 radical (unpaired) electrons. The molecule has 4 rings (SSSR count). The standard InChI is InChI=1S/C23H26N2O3/c1-14-22(18-7-5-6-8-19(18)24-14)23(26)15(2)25-10-9-16-11-20(27-3)21(28-4)12-17(16)13-25/h5-8,11-12,15,24H,9-10,13H2,1-4H3/p+1/t15-/m0/s1. The lowest BCUT2D eigenvalue weighted by molar-refractivity contribution is -0.929. The first-order chi connectivity index (χ1) is 13.5. The highest BCUT2D eigenvalue weighted by atomic mass is 16.5. The van der Waals surface area contributed by atoms with Gasteiger partial charge in [-0.15, -0.1) is 0 Å². The van der Waals surface area contributed by atoms with Gasteiger partial charge in [0, 0.05) is 28.6 Å². The first kappa shape index (κ1) is 18.6. The van der Waals surface area contributed by atoms with E-state index in [1.165, 1.54) is 16.0 Å². The Kier molecular flexibility index (Phi) is 4.85. The highest BCUT2D eigenvalue weighted by Crippen LogP contribution is 2.31. The quantitative estimate of drug-likeness (QED) is 0.670. The van der Waals surface area contributed by atoms with Gasteiger partial charge in [0.15, 0.2) is 11.5 Å². The molecule has 0 saturated carbocycles. The number of H-pyrrole nitrogens is 1. The number of hydrogen-bond donors (Lipinski definition) is 2. The second-order valence-corrected chi connectivity index (χ2v) is 7.57. The molecule has 0 bridgehead atoms. The van der Waals surface area contributed by atoms with Crippen molar-refractivity contribution in [3.63, 3.8) is 0 Å². The molecule has 0 fully saturated rings. The number of hydrogen-bond acceptors (Lipinski definition) is 3. The maximum absolute atomic E-state index is 13.4. The van der Waals surface area contributed by atoms with E-state index in [1.807, 2.05) is 38.1 Å². The number of Topliss-reactive ketones (excluding diaryl/α,β-unsaturated/α-hetero) is 1. The molecule has 2 aromatic carbocycles. The Hall–Kier alpha value is -2.79. The predicted octanol–water partition coefficient (Wildman–Crippen LogP) is 2.71. The normalized spacial score (nSPS) is 17.2. The Morgan fingerprint density at radius 3 is 2.50 bits per heavy atom. The van der Waals surface area contributed by atoms with E-state index in [0.29, 0.717) is 0 Å². The molecular weight excluding hydrogens is 352 g/mol. The second-order valence-electron chi connectivity index (χ2n) is 7.57. The molecule has 2 N–H and O–H groups in total. The Morgan fingerprint density at radius 1 is 1.11 bits per heavy atom. The number of aryl methyl sites for hydroxylation is 1. The summed E-state index contributed by atoms with van der Waals surface area (Å²) >= 11 is 0. The van der Waals surface area contributed by atoms with Gasteiger partial charge in [0.25, 0.3) is 0 Å². The highest BCUT2D eigenvalue weighted by molar-refractivity contribution is 6.10. The summed E-state index contributed by atoms with van der Waals surface area (Å²) in [4.78, 5) is 18.0. The van der Waals surface area contributed by atoms with Gasteiger partial charge in [0.2, 0.25) is 5.78 Å². The third kappa shape index (κ3) is 3.06. The van der Waals surface area contributed by atoms with Crippen molar-refractivity contribution >= 4 is 16.7 Å². The van der Waals surface area contributed by atoms with Gasteiger partial charge >= 0.3 is 0 Å². The van der Waals surface area contributed by atoms with Gasteiger partial charge in [-0.3, -0.25) is 4.79 Å². The first-order valence-electron chi connectivity index (χ1n) is 9.73. The van der Waals surface area contributed by atoms with Crippen molar-refractivity contribution in [2.45, 2.75) is 32.9 Å². The summed E-state index contributed by atoms with van der Waals surface area (Å²) in [6.07, 6.45) is 0.926. The number of methoxy groups -OCH3 is 2. The topological polar surface area (TPSA) is 55.8 Å². The fraction of sp³-hybridized carbons (Fsp3) is 0.348. The molecule has 0 aliphatic carbocycles. The lowest BCUT2D eigenvalue weighted by atomic mass is 9.95. The van der Waals surface area contributed by atoms with E-state index in [4.69, 9.17) is 9.47 Å². The van der Waals surface area contributed by atoms with Crippen LogP contribution in [0.1, 0.15) is 34.1 Å². The van der Waals surface area contributed by atoms with Crippen molar-refractivity contribution in [2.75, 3.05) is 20.8 Å². The average molecular weight is 379 g/mol. The smallest absolute Gasteiger partial charge is 0.222 e. The van der Waals surface area contributed by atoms with Crippen molar-refractivity contribution in [2.24, 2.45) is 0 Å². The van der Waals surface area contributed by atoms with Crippen LogP contribution in [0.15, 0.2) is 36.4 Å². The third-order valence-corrected chi connectivity index (χ3v) is 5.98. The van der Waals surface area contributed by atoms with Crippen LogP contribution in [0.25, 0.3) is 10.9 Å². The SMILES string of the molecule is COc1cc2c(cc1OC)C[NH+]([C@@H](C)C(=O)c1c(C)[nH]c3ccccc13)CC2. The van der Waals surface area contributed by atoms with Gasteiger partial charge in [0.1, 0.15) is 12.6 Å². The zero-order chi connectivity index (χ0) is 19.8. The number of rotatable bonds is 5. The summed E-state index contributed by atoms with van der Waals surface area (Å²) in [7, 11) is 3.32. The van der Waals surface area contributed by atoms with Crippen LogP contribution in [0.3, 0.4) is 0 Å². The zero-order valence-corrected chi connectivity index (χ0v) is 16.9. The molecule has 1 aliphatic rings. The molecule has 0 amide bonds. The minimum Gasteiger partial charge on any atom is -0.493 e. The maximum atomic E-state index is 13.4. The molecule has 146 valence electrons. The predicted molar refractivity (Wildman–Crippen MR) is 110 cm³/mol. The van der Waals surface area contributed by atoms with Crippen molar-refractivity contribution in [3.8, 4) is 11.5 Å². The minimum atomic E-state index is -0.112. The summed E-state index contributed by atoms with van der Waals surface area (Å²) in [6, 6.07) is 12.0. The lowest BCUT2D eigenvalue weighted by Gasteiger charge is -2.30. The minimum absolute atomic E-state index is 0.112. The molecule has 1 unspecified atom stereocenters. The second kappa shape index (κ2) is 7.32. The van der Waals surface area contributed by atoms with Gasteiger partial charge in [-0.25, -0.2) is 0 Å². The number of benzene rings is 2. The van der Waals surface area contributed by atoms with Crippen molar-refractivity contribution < 1.29 is 19.2 Å². The first-order valence-corrected chi connectivity index (χ1v) is 9.73. The molecule has 1 aromatic heterocycles. The zero-order valence-electron chi connectivity index (χ0n) is 16.9.